The van der Waals surface area contributed by atoms with Gasteiger partial charge in [0.05, 0.1) is 5.69 Å². The molecule has 3 aromatic rings. The largest absolute Gasteiger partial charge is 0.480 e. The first kappa shape index (κ1) is 18.3. The summed E-state index contributed by atoms with van der Waals surface area (Å²) < 4.78 is 3.23. The monoisotopic (exact) mass is 364 g/mol. The number of rotatable bonds is 6. The molecule has 0 aliphatic rings. The molecule has 0 fully saturated rings. The van der Waals surface area contributed by atoms with Crippen LogP contribution in [0.25, 0.3) is 22.7 Å². The summed E-state index contributed by atoms with van der Waals surface area (Å²) in [6.45, 7) is 8.65. The van der Waals surface area contributed by atoms with E-state index in [0.717, 1.165) is 22.2 Å². The lowest BCUT2D eigenvalue weighted by Gasteiger charge is -2.06. The number of aliphatic imine (C=N–C) groups is 1. The van der Waals surface area contributed by atoms with Crippen LogP contribution in [0, 0.1) is 6.92 Å². The van der Waals surface area contributed by atoms with Crippen molar-refractivity contribution < 1.29 is 14.7 Å². The van der Waals surface area contributed by atoms with Gasteiger partial charge in [0, 0.05) is 34.9 Å². The smallest absolute Gasteiger partial charge is 0.323 e. The van der Waals surface area contributed by atoms with Crippen molar-refractivity contribution >= 4 is 47.0 Å². The van der Waals surface area contributed by atoms with Crippen molar-refractivity contribution in [1.82, 2.24) is 14.3 Å². The molecule has 1 N–H and O–H groups in total. The number of fused-ring (bicyclic) bond motifs is 1. The number of hydrogen-bond acceptors (Lipinski definition) is 4. The molecule has 0 amide bonds. The fourth-order valence-corrected chi connectivity index (χ4v) is 3.07. The Balaban J connectivity index is 2.11. The van der Waals surface area contributed by atoms with E-state index in [1.807, 2.05) is 44.3 Å². The third kappa shape index (κ3) is 3.57. The van der Waals surface area contributed by atoms with Crippen LogP contribution in [0.3, 0.4) is 0 Å². The Kier molecular flexibility index (Phi) is 4.77. The van der Waals surface area contributed by atoms with Gasteiger partial charge >= 0.3 is 5.97 Å². The Bertz CT molecular complexity index is 1100. The first-order valence-electron chi connectivity index (χ1n) is 8.37. The lowest BCUT2D eigenvalue weighted by molar-refractivity contribution is -0.137. The highest BCUT2D eigenvalue weighted by molar-refractivity contribution is 6.08. The molecule has 0 radical (unpaired) electrons. The van der Waals surface area contributed by atoms with Gasteiger partial charge in [-0.1, -0.05) is 6.07 Å². The Hall–Kier alpha value is -3.48. The third-order valence-electron chi connectivity index (χ3n) is 4.34. The number of aliphatic carboxylic acids is 1. The number of carbonyl (C=O) groups is 2. The Morgan fingerprint density at radius 3 is 2.67 bits per heavy atom. The average Bonchev–Trinajstić information content (AvgIpc) is 3.14. The Labute approximate surface area is 156 Å². The second-order valence-corrected chi connectivity index (χ2v) is 6.41. The zero-order chi connectivity index (χ0) is 19.7. The maximum atomic E-state index is 12.0. The van der Waals surface area contributed by atoms with Gasteiger partial charge in [-0.05, 0) is 50.8 Å². The molecule has 0 unspecified atom stereocenters. The van der Waals surface area contributed by atoms with Crippen LogP contribution in [0.4, 0.5) is 5.82 Å². The summed E-state index contributed by atoms with van der Waals surface area (Å²) in [4.78, 5) is 27.1. The molecule has 0 atom stereocenters. The molecule has 0 saturated carbocycles. The summed E-state index contributed by atoms with van der Waals surface area (Å²) in [5.41, 5.74) is 3.87. The molecule has 0 saturated heterocycles. The van der Waals surface area contributed by atoms with Crippen molar-refractivity contribution in [2.24, 2.45) is 4.99 Å². The summed E-state index contributed by atoms with van der Waals surface area (Å²) >= 11 is 0. The van der Waals surface area contributed by atoms with Crippen LogP contribution in [-0.2, 0) is 11.3 Å². The molecule has 0 aliphatic heterocycles. The van der Waals surface area contributed by atoms with Crippen molar-refractivity contribution in [3.8, 4) is 0 Å². The first-order valence-corrected chi connectivity index (χ1v) is 8.37. The molecule has 0 bridgehead atoms. The maximum absolute atomic E-state index is 12.0. The topological polar surface area (TPSA) is 89.5 Å². The van der Waals surface area contributed by atoms with Crippen LogP contribution in [0.2, 0.25) is 0 Å². The van der Waals surface area contributed by atoms with E-state index < -0.39 is 5.97 Å². The van der Waals surface area contributed by atoms with E-state index in [-0.39, 0.29) is 12.3 Å². The maximum Gasteiger partial charge on any atom is 0.323 e. The molecule has 7 heteroatoms. The summed E-state index contributed by atoms with van der Waals surface area (Å²) in [5.74, 6) is -0.422. The summed E-state index contributed by atoms with van der Waals surface area (Å²) in [6, 6.07) is 7.46. The van der Waals surface area contributed by atoms with Crippen LogP contribution < -0.4 is 0 Å². The van der Waals surface area contributed by atoms with Crippen molar-refractivity contribution in [1.29, 1.82) is 0 Å². The molecular weight excluding hydrogens is 344 g/mol. The van der Waals surface area contributed by atoms with E-state index >= 15 is 0 Å². The second kappa shape index (κ2) is 7.03. The number of hydrogen-bond donors (Lipinski definition) is 1. The average molecular weight is 364 g/mol. The highest BCUT2D eigenvalue weighted by Crippen LogP contribution is 2.27. The molecule has 138 valence electrons. The first-order chi connectivity index (χ1) is 12.8. The van der Waals surface area contributed by atoms with E-state index in [0.29, 0.717) is 16.9 Å². The fourth-order valence-electron chi connectivity index (χ4n) is 3.07. The van der Waals surface area contributed by atoms with Gasteiger partial charge in [-0.3, -0.25) is 9.59 Å². The normalized spacial score (nSPS) is 11.7. The highest BCUT2D eigenvalue weighted by Gasteiger charge is 2.14. The van der Waals surface area contributed by atoms with Gasteiger partial charge in [-0.2, -0.15) is 5.10 Å². The molecule has 0 aliphatic carbocycles. The van der Waals surface area contributed by atoms with Crippen molar-refractivity contribution in [2.45, 2.75) is 27.3 Å². The quantitative estimate of drug-likeness (QED) is 0.532. The number of nitrogens with zero attached hydrogens (tertiary/aromatic N) is 4. The van der Waals surface area contributed by atoms with Gasteiger partial charge < -0.3 is 9.67 Å². The lowest BCUT2D eigenvalue weighted by Crippen LogP contribution is -2.07. The van der Waals surface area contributed by atoms with Crippen molar-refractivity contribution in [2.75, 3.05) is 0 Å². The predicted molar refractivity (Wildman–Crippen MR) is 106 cm³/mol. The van der Waals surface area contributed by atoms with Gasteiger partial charge in [0.2, 0.25) is 0 Å². The minimum Gasteiger partial charge on any atom is -0.480 e. The molecular formula is C20H20N4O3. The van der Waals surface area contributed by atoms with Crippen LogP contribution in [0.1, 0.15) is 35.5 Å². The SMILES string of the molecule is C=Nc1cc(C)nn1/C=C(\C)c1ccc2c(c1)c(C(C)=O)cn2CC(=O)O. The van der Waals surface area contributed by atoms with Gasteiger partial charge in [0.15, 0.2) is 11.6 Å². The van der Waals surface area contributed by atoms with E-state index in [9.17, 15) is 9.59 Å². The zero-order valence-corrected chi connectivity index (χ0v) is 15.4. The number of carboxylic acids is 1. The number of Topliss-reactive ketones (excluding diaryl/α,β-unsaturated/α-hetero) is 1. The molecule has 27 heavy (non-hydrogen) atoms. The van der Waals surface area contributed by atoms with E-state index in [1.165, 1.54) is 6.92 Å². The third-order valence-corrected chi connectivity index (χ3v) is 4.34. The number of benzene rings is 1. The Morgan fingerprint density at radius 1 is 1.30 bits per heavy atom. The fraction of sp³-hybridized carbons (Fsp3) is 0.200. The molecule has 2 heterocycles. The summed E-state index contributed by atoms with van der Waals surface area (Å²) in [5, 5.41) is 14.2. The number of carboxylic acid groups (broad SMARTS) is 1. The van der Waals surface area contributed by atoms with E-state index in [4.69, 9.17) is 5.11 Å². The molecule has 3 rings (SSSR count). The molecule has 0 spiro atoms. The highest BCUT2D eigenvalue weighted by atomic mass is 16.4. The minimum absolute atomic E-state index is 0.108. The standard InChI is InChI=1S/C20H20N4O3/c1-12(9-24-19(21-4)7-13(2)22-24)15-5-6-18-16(8-15)17(14(3)25)10-23(18)11-20(26)27/h5-10H,4,11H2,1-3H3,(H,26,27)/b12-9+. The van der Waals surface area contributed by atoms with Gasteiger partial charge in [-0.15, -0.1) is 0 Å². The number of aromatic nitrogens is 3. The van der Waals surface area contributed by atoms with Crippen LogP contribution >= 0.6 is 0 Å². The van der Waals surface area contributed by atoms with Crippen LogP contribution in [0.5, 0.6) is 0 Å². The van der Waals surface area contributed by atoms with Crippen molar-refractivity contribution in [3.05, 3.63) is 47.3 Å². The number of ketones is 1. The minimum atomic E-state index is -0.958. The van der Waals surface area contributed by atoms with Crippen molar-refractivity contribution in [3.63, 3.8) is 0 Å². The Morgan fingerprint density at radius 2 is 2.04 bits per heavy atom. The number of aryl methyl sites for hydroxylation is 1. The molecule has 7 nitrogen and oxygen atoms in total. The summed E-state index contributed by atoms with van der Waals surface area (Å²) in [6.07, 6.45) is 3.44. The van der Waals surface area contributed by atoms with E-state index in [1.54, 1.807) is 15.4 Å². The predicted octanol–water partition coefficient (Wildman–Crippen LogP) is 3.78. The van der Waals surface area contributed by atoms with E-state index in [2.05, 4.69) is 16.8 Å². The summed E-state index contributed by atoms with van der Waals surface area (Å²) in [7, 11) is 0. The van der Waals surface area contributed by atoms with Gasteiger partial charge in [-0.25, -0.2) is 9.67 Å². The molecule has 2 aromatic heterocycles. The van der Waals surface area contributed by atoms with Crippen LogP contribution in [-0.4, -0.2) is 37.9 Å². The second-order valence-electron chi connectivity index (χ2n) is 6.41. The zero-order valence-electron chi connectivity index (χ0n) is 15.4. The number of allylic oxidation sites excluding steroid dienone is 1. The number of carbonyl (C=O) groups excluding carboxylic acids is 1. The molecule has 1 aromatic carbocycles. The van der Waals surface area contributed by atoms with Gasteiger partial charge in [0.25, 0.3) is 0 Å². The van der Waals surface area contributed by atoms with Crippen LogP contribution in [0.15, 0.2) is 35.5 Å². The lowest BCUT2D eigenvalue weighted by atomic mass is 10.0. The van der Waals surface area contributed by atoms with Gasteiger partial charge in [0.1, 0.15) is 6.54 Å².